The second-order valence-electron chi connectivity index (χ2n) is 13.4. The minimum Gasteiger partial charge on any atom is -0.465 e. The summed E-state index contributed by atoms with van der Waals surface area (Å²) in [6.45, 7) is 6.70. The fourth-order valence-electron chi connectivity index (χ4n) is 9.80. The van der Waals surface area contributed by atoms with Crippen molar-refractivity contribution in [3.8, 4) is 0 Å². The van der Waals surface area contributed by atoms with Crippen LogP contribution in [0.15, 0.2) is 11.6 Å². The lowest BCUT2D eigenvalue weighted by Crippen LogP contribution is -2.76. The van der Waals surface area contributed by atoms with Crippen LogP contribution in [0.1, 0.15) is 79.6 Å². The summed E-state index contributed by atoms with van der Waals surface area (Å²) in [4.78, 5) is 61.4. The average Bonchev–Trinajstić information content (AvgIpc) is 3.41. The Morgan fingerprint density at radius 3 is 2.19 bits per heavy atom. The van der Waals surface area contributed by atoms with Crippen LogP contribution in [0.25, 0.3) is 0 Å². The number of carbonyl (C=O) groups is 5. The third-order valence-electron chi connectivity index (χ3n) is 11.2. The van der Waals surface area contributed by atoms with E-state index in [-0.39, 0.29) is 44.8 Å². The van der Waals surface area contributed by atoms with Gasteiger partial charge in [-0.3, -0.25) is 19.2 Å². The number of hydrogen-bond acceptors (Lipinski definition) is 12. The number of rotatable bonds is 6. The Labute approximate surface area is 250 Å². The summed E-state index contributed by atoms with van der Waals surface area (Å²) >= 11 is 0. The SMILES string of the molecule is CC(=O)OCC12C(OC(C)=O)CC(OC(C)=O)CC1(O)CCC1C2C(OC(C)=O)CC2(C)C(C3=CC(=O)OC3)CCC12O. The molecule has 5 rings (SSSR count). The van der Waals surface area contributed by atoms with Crippen molar-refractivity contribution >= 4 is 29.8 Å². The monoisotopic (exact) mass is 606 g/mol. The summed E-state index contributed by atoms with van der Waals surface area (Å²) in [6.07, 6.45) is 0.250. The first-order chi connectivity index (χ1) is 20.1. The third-order valence-corrected chi connectivity index (χ3v) is 11.2. The summed E-state index contributed by atoms with van der Waals surface area (Å²) < 4.78 is 28.3. The van der Waals surface area contributed by atoms with Crippen molar-refractivity contribution in [2.45, 2.75) is 109 Å². The first kappa shape index (κ1) is 31.4. The van der Waals surface area contributed by atoms with Crippen LogP contribution >= 0.6 is 0 Å². The fraction of sp³-hybridized carbons (Fsp3) is 0.774. The number of carbonyl (C=O) groups excluding carboxylic acids is 5. The molecule has 10 unspecified atom stereocenters. The van der Waals surface area contributed by atoms with Crippen molar-refractivity contribution in [3.05, 3.63) is 11.6 Å². The molecule has 4 saturated carbocycles. The number of esters is 5. The van der Waals surface area contributed by atoms with Gasteiger partial charge in [-0.05, 0) is 49.5 Å². The lowest BCUT2D eigenvalue weighted by Gasteiger charge is -2.68. The Morgan fingerprint density at radius 1 is 0.930 bits per heavy atom. The molecule has 0 bridgehead atoms. The van der Waals surface area contributed by atoms with Gasteiger partial charge >= 0.3 is 29.8 Å². The van der Waals surface area contributed by atoms with Crippen molar-refractivity contribution in [3.63, 3.8) is 0 Å². The Bertz CT molecular complexity index is 1240. The van der Waals surface area contributed by atoms with E-state index < -0.39 is 82.0 Å². The number of fused-ring (bicyclic) bond motifs is 5. The molecule has 0 saturated heterocycles. The number of aliphatic hydroxyl groups is 2. The first-order valence-corrected chi connectivity index (χ1v) is 15.0. The maximum Gasteiger partial charge on any atom is 0.331 e. The molecule has 10 atom stereocenters. The Balaban J connectivity index is 1.68. The molecule has 0 aromatic rings. The van der Waals surface area contributed by atoms with Crippen molar-refractivity contribution < 1.29 is 57.9 Å². The van der Waals surface area contributed by atoms with E-state index in [0.717, 1.165) is 5.57 Å². The Morgan fingerprint density at radius 2 is 1.60 bits per heavy atom. The summed E-state index contributed by atoms with van der Waals surface area (Å²) in [7, 11) is 0. The predicted octanol–water partition coefficient (Wildman–Crippen LogP) is 1.92. The second-order valence-corrected chi connectivity index (χ2v) is 13.4. The van der Waals surface area contributed by atoms with Gasteiger partial charge in [-0.1, -0.05) is 6.92 Å². The van der Waals surface area contributed by atoms with Crippen LogP contribution < -0.4 is 0 Å². The zero-order valence-electron chi connectivity index (χ0n) is 25.4. The quantitative estimate of drug-likeness (QED) is 0.333. The molecule has 4 fully saturated rings. The number of cyclic esters (lactones) is 1. The highest BCUT2D eigenvalue weighted by Gasteiger charge is 2.77. The molecule has 1 aliphatic heterocycles. The van der Waals surface area contributed by atoms with E-state index in [9.17, 15) is 34.2 Å². The Hall–Kier alpha value is -2.99. The van der Waals surface area contributed by atoms with Gasteiger partial charge in [0.25, 0.3) is 0 Å². The molecular formula is C31H42O12. The molecule has 0 spiro atoms. The largest absolute Gasteiger partial charge is 0.465 e. The van der Waals surface area contributed by atoms with Gasteiger partial charge in [0.05, 0.1) is 16.6 Å². The zero-order valence-corrected chi connectivity index (χ0v) is 25.4. The molecule has 12 nitrogen and oxygen atoms in total. The van der Waals surface area contributed by atoms with Crippen molar-refractivity contribution in [1.82, 2.24) is 0 Å². The highest BCUT2D eigenvalue weighted by Crippen LogP contribution is 2.71. The summed E-state index contributed by atoms with van der Waals surface area (Å²) in [5.74, 6) is -4.43. The summed E-state index contributed by atoms with van der Waals surface area (Å²) in [5, 5.41) is 25.4. The molecule has 238 valence electrons. The van der Waals surface area contributed by atoms with Crippen LogP contribution in [0.2, 0.25) is 0 Å². The molecule has 0 radical (unpaired) electrons. The van der Waals surface area contributed by atoms with E-state index in [1.165, 1.54) is 33.8 Å². The van der Waals surface area contributed by atoms with Gasteiger partial charge in [-0.2, -0.15) is 0 Å². The first-order valence-electron chi connectivity index (χ1n) is 15.0. The lowest BCUT2D eigenvalue weighted by atomic mass is 9.40. The average molecular weight is 607 g/mol. The third kappa shape index (κ3) is 4.94. The van der Waals surface area contributed by atoms with Crippen LogP contribution in [0.5, 0.6) is 0 Å². The van der Waals surface area contributed by atoms with Gasteiger partial charge in [0, 0.05) is 57.9 Å². The molecule has 0 aromatic carbocycles. The molecule has 5 aliphatic rings. The fourth-order valence-corrected chi connectivity index (χ4v) is 9.80. The topological polar surface area (TPSA) is 172 Å². The highest BCUT2D eigenvalue weighted by molar-refractivity contribution is 5.85. The van der Waals surface area contributed by atoms with Gasteiger partial charge in [0.15, 0.2) is 0 Å². The molecule has 1 heterocycles. The van der Waals surface area contributed by atoms with E-state index >= 15 is 0 Å². The highest BCUT2D eigenvalue weighted by atomic mass is 16.6. The maximum absolute atomic E-state index is 12.8. The van der Waals surface area contributed by atoms with E-state index in [2.05, 4.69) is 0 Å². The number of ether oxygens (including phenoxy) is 5. The molecule has 0 amide bonds. The van der Waals surface area contributed by atoms with Crippen LogP contribution in [0.3, 0.4) is 0 Å². The van der Waals surface area contributed by atoms with Crippen molar-refractivity contribution in [2.24, 2.45) is 28.6 Å². The summed E-state index contributed by atoms with van der Waals surface area (Å²) in [6, 6.07) is 0. The smallest absolute Gasteiger partial charge is 0.331 e. The molecule has 4 aliphatic carbocycles. The van der Waals surface area contributed by atoms with Crippen LogP contribution in [0.4, 0.5) is 0 Å². The lowest BCUT2D eigenvalue weighted by molar-refractivity contribution is -0.320. The minimum absolute atomic E-state index is 0.0173. The second kappa shape index (κ2) is 10.9. The molecule has 43 heavy (non-hydrogen) atoms. The predicted molar refractivity (Wildman–Crippen MR) is 146 cm³/mol. The molecule has 2 N–H and O–H groups in total. The summed E-state index contributed by atoms with van der Waals surface area (Å²) in [5.41, 5.74) is -4.58. The van der Waals surface area contributed by atoms with E-state index in [0.29, 0.717) is 19.3 Å². The van der Waals surface area contributed by atoms with E-state index in [4.69, 9.17) is 23.7 Å². The van der Waals surface area contributed by atoms with E-state index in [1.54, 1.807) is 0 Å². The minimum atomic E-state index is -1.68. The molecule has 12 heteroatoms. The van der Waals surface area contributed by atoms with Crippen molar-refractivity contribution in [2.75, 3.05) is 13.2 Å². The van der Waals surface area contributed by atoms with Crippen LogP contribution in [-0.2, 0) is 47.7 Å². The van der Waals surface area contributed by atoms with Gasteiger partial charge in [0.2, 0.25) is 0 Å². The van der Waals surface area contributed by atoms with Crippen LogP contribution in [-0.4, -0.2) is 82.8 Å². The number of hydrogen-bond donors (Lipinski definition) is 2. The Kier molecular flexibility index (Phi) is 7.95. The maximum atomic E-state index is 12.8. The van der Waals surface area contributed by atoms with Gasteiger partial charge in [0.1, 0.15) is 31.5 Å². The normalized spacial score (nSPS) is 43.2. The standard InChI is InChI=1S/C31H42O12/c1-16(32)40-15-30-25(43-19(4)35)11-21(41-17(2)33)12-29(30,37)8-6-23-27(30)24(42-18(3)34)13-28(5)22(7-9-31(23,28)38)20-10-26(36)39-14-20/h10,21-25,27,37-38H,6-9,11-15H2,1-5H3. The van der Waals surface area contributed by atoms with Gasteiger partial charge < -0.3 is 33.9 Å². The van der Waals surface area contributed by atoms with E-state index in [1.807, 2.05) is 6.92 Å². The molecule has 0 aromatic heterocycles. The zero-order chi connectivity index (χ0) is 31.5. The van der Waals surface area contributed by atoms with Gasteiger partial charge in [-0.25, -0.2) is 4.79 Å². The van der Waals surface area contributed by atoms with Crippen LogP contribution in [0, 0.1) is 28.6 Å². The van der Waals surface area contributed by atoms with Crippen molar-refractivity contribution in [1.29, 1.82) is 0 Å². The molecular weight excluding hydrogens is 564 g/mol. The van der Waals surface area contributed by atoms with Gasteiger partial charge in [-0.15, -0.1) is 0 Å².